The molecule has 1 fully saturated rings. The molecule has 2 aromatic rings. The van der Waals surface area contributed by atoms with Crippen LogP contribution in [0.3, 0.4) is 0 Å². The summed E-state index contributed by atoms with van der Waals surface area (Å²) in [4.78, 5) is 20.6. The number of carbonyl (C=O) groups excluding carboxylic acids is 1. The molecular formula is C17H22N4O2S. The van der Waals surface area contributed by atoms with Gasteiger partial charge in [0.15, 0.2) is 0 Å². The van der Waals surface area contributed by atoms with E-state index in [1.54, 1.807) is 11.8 Å². The number of piperazine rings is 1. The van der Waals surface area contributed by atoms with Crippen LogP contribution in [0.5, 0.6) is 0 Å². The van der Waals surface area contributed by atoms with Gasteiger partial charge in [-0.25, -0.2) is 0 Å². The van der Waals surface area contributed by atoms with Crippen LogP contribution >= 0.6 is 11.8 Å². The molecule has 1 aromatic heterocycles. The Bertz CT molecular complexity index is 695. The minimum atomic E-state index is 0.224. The van der Waals surface area contributed by atoms with Crippen LogP contribution < -0.4 is 0 Å². The molecule has 0 spiro atoms. The van der Waals surface area contributed by atoms with Gasteiger partial charge in [0.05, 0.1) is 12.3 Å². The summed E-state index contributed by atoms with van der Waals surface area (Å²) in [6.45, 7) is 5.86. The number of carbonyl (C=O) groups is 1. The summed E-state index contributed by atoms with van der Waals surface area (Å²) in [5, 5.41) is 4.10. The Hall–Kier alpha value is -1.86. The summed E-state index contributed by atoms with van der Waals surface area (Å²) in [7, 11) is 0. The van der Waals surface area contributed by atoms with Crippen molar-refractivity contribution in [1.82, 2.24) is 19.9 Å². The van der Waals surface area contributed by atoms with Crippen molar-refractivity contribution in [2.75, 3.05) is 38.2 Å². The summed E-state index contributed by atoms with van der Waals surface area (Å²) < 4.78 is 5.40. The molecule has 1 amide bonds. The molecule has 1 aliphatic rings. The van der Waals surface area contributed by atoms with Crippen LogP contribution in [0, 0.1) is 6.92 Å². The summed E-state index contributed by atoms with van der Waals surface area (Å²) in [6, 6.07) is 8.01. The van der Waals surface area contributed by atoms with Crippen molar-refractivity contribution in [2.24, 2.45) is 0 Å². The zero-order chi connectivity index (χ0) is 16.9. The zero-order valence-corrected chi connectivity index (χ0v) is 14.9. The maximum atomic E-state index is 11.9. The molecule has 2 heterocycles. The lowest BCUT2D eigenvalue weighted by molar-refractivity contribution is -0.130. The fourth-order valence-corrected chi connectivity index (χ4v) is 3.24. The summed E-state index contributed by atoms with van der Waals surface area (Å²) >= 11 is 1.57. The molecule has 0 saturated carbocycles. The molecule has 0 unspecified atom stereocenters. The highest BCUT2D eigenvalue weighted by Crippen LogP contribution is 2.20. The van der Waals surface area contributed by atoms with Crippen molar-refractivity contribution >= 4 is 17.7 Å². The minimum absolute atomic E-state index is 0.224. The Labute approximate surface area is 146 Å². The third kappa shape index (κ3) is 3.96. The Kier molecular flexibility index (Phi) is 5.52. The normalized spacial score (nSPS) is 15.7. The third-order valence-corrected chi connectivity index (χ3v) is 4.74. The maximum Gasteiger partial charge on any atom is 0.241 e. The Morgan fingerprint density at radius 2 is 2.00 bits per heavy atom. The molecule has 0 atom stereocenters. The molecule has 3 rings (SSSR count). The SMILES string of the molecule is CSCC(=O)N1CCN(Cc2nc(-c3ccccc3C)no2)CC1. The van der Waals surface area contributed by atoms with Gasteiger partial charge >= 0.3 is 0 Å². The van der Waals surface area contributed by atoms with Crippen molar-refractivity contribution in [3.8, 4) is 11.4 Å². The van der Waals surface area contributed by atoms with Gasteiger partial charge in [-0.15, -0.1) is 0 Å². The average molecular weight is 346 g/mol. The van der Waals surface area contributed by atoms with Crippen molar-refractivity contribution in [1.29, 1.82) is 0 Å². The fourth-order valence-electron chi connectivity index (χ4n) is 2.81. The highest BCUT2D eigenvalue weighted by Gasteiger charge is 2.22. The smallest absolute Gasteiger partial charge is 0.241 e. The first kappa shape index (κ1) is 17.0. The molecule has 1 saturated heterocycles. The van der Waals surface area contributed by atoms with Crippen molar-refractivity contribution in [2.45, 2.75) is 13.5 Å². The lowest BCUT2D eigenvalue weighted by Gasteiger charge is -2.33. The van der Waals surface area contributed by atoms with E-state index in [2.05, 4.69) is 15.0 Å². The van der Waals surface area contributed by atoms with E-state index in [1.807, 2.05) is 42.3 Å². The molecular weight excluding hydrogens is 324 g/mol. The van der Waals surface area contributed by atoms with Crippen molar-refractivity contribution in [3.63, 3.8) is 0 Å². The Balaban J connectivity index is 1.57. The second-order valence-electron chi connectivity index (χ2n) is 5.92. The monoisotopic (exact) mass is 346 g/mol. The first-order chi connectivity index (χ1) is 11.7. The summed E-state index contributed by atoms with van der Waals surface area (Å²) in [5.74, 6) is 2.04. The van der Waals surface area contributed by atoms with Crippen LogP contribution in [-0.4, -0.2) is 64.0 Å². The Morgan fingerprint density at radius 1 is 1.25 bits per heavy atom. The van der Waals surface area contributed by atoms with Crippen LogP contribution in [-0.2, 0) is 11.3 Å². The van der Waals surface area contributed by atoms with E-state index in [4.69, 9.17) is 4.52 Å². The standard InChI is InChI=1S/C17H22N4O2S/c1-13-5-3-4-6-14(13)17-18-15(23-19-17)11-20-7-9-21(10-8-20)16(22)12-24-2/h3-6H,7-12H2,1-2H3. The molecule has 7 heteroatoms. The van der Waals surface area contributed by atoms with E-state index in [0.717, 1.165) is 37.3 Å². The summed E-state index contributed by atoms with van der Waals surface area (Å²) in [6.07, 6.45) is 1.95. The number of nitrogens with zero attached hydrogens (tertiary/aromatic N) is 4. The number of aromatic nitrogens is 2. The molecule has 24 heavy (non-hydrogen) atoms. The molecule has 0 aliphatic carbocycles. The highest BCUT2D eigenvalue weighted by molar-refractivity contribution is 7.99. The molecule has 1 aliphatic heterocycles. The van der Waals surface area contributed by atoms with E-state index >= 15 is 0 Å². The van der Waals surface area contributed by atoms with E-state index < -0.39 is 0 Å². The number of benzene rings is 1. The van der Waals surface area contributed by atoms with Gasteiger partial charge in [-0.2, -0.15) is 16.7 Å². The maximum absolute atomic E-state index is 11.9. The predicted octanol–water partition coefficient (Wildman–Crippen LogP) is 2.05. The minimum Gasteiger partial charge on any atom is -0.339 e. The number of hydrogen-bond acceptors (Lipinski definition) is 6. The largest absolute Gasteiger partial charge is 0.339 e. The number of aryl methyl sites for hydroxylation is 1. The highest BCUT2D eigenvalue weighted by atomic mass is 32.2. The zero-order valence-electron chi connectivity index (χ0n) is 14.1. The molecule has 0 N–H and O–H groups in total. The van der Waals surface area contributed by atoms with E-state index in [9.17, 15) is 4.79 Å². The second-order valence-corrected chi connectivity index (χ2v) is 6.78. The van der Waals surface area contributed by atoms with Gasteiger partial charge in [0.25, 0.3) is 0 Å². The van der Waals surface area contributed by atoms with Crippen LogP contribution in [0.2, 0.25) is 0 Å². The first-order valence-electron chi connectivity index (χ1n) is 8.05. The van der Waals surface area contributed by atoms with Crippen LogP contribution in [0.4, 0.5) is 0 Å². The van der Waals surface area contributed by atoms with Crippen molar-refractivity contribution in [3.05, 3.63) is 35.7 Å². The predicted molar refractivity (Wildman–Crippen MR) is 94.7 cm³/mol. The average Bonchev–Trinajstić information content (AvgIpc) is 3.04. The Morgan fingerprint density at radius 3 is 2.71 bits per heavy atom. The van der Waals surface area contributed by atoms with E-state index in [-0.39, 0.29) is 5.91 Å². The van der Waals surface area contributed by atoms with Gasteiger partial charge in [-0.05, 0) is 18.7 Å². The second kappa shape index (κ2) is 7.81. The van der Waals surface area contributed by atoms with Crippen LogP contribution in [0.15, 0.2) is 28.8 Å². The number of amides is 1. The number of hydrogen-bond donors (Lipinski definition) is 0. The van der Waals surface area contributed by atoms with Crippen molar-refractivity contribution < 1.29 is 9.32 Å². The molecule has 6 nitrogen and oxygen atoms in total. The quantitative estimate of drug-likeness (QED) is 0.826. The third-order valence-electron chi connectivity index (χ3n) is 4.21. The molecule has 0 bridgehead atoms. The number of thioether (sulfide) groups is 1. The lowest BCUT2D eigenvalue weighted by Crippen LogP contribution is -2.48. The fraction of sp³-hybridized carbons (Fsp3) is 0.471. The summed E-state index contributed by atoms with van der Waals surface area (Å²) in [5.41, 5.74) is 2.13. The van der Waals surface area contributed by atoms with Gasteiger partial charge in [0.1, 0.15) is 0 Å². The van der Waals surface area contributed by atoms with Crippen LogP contribution in [0.25, 0.3) is 11.4 Å². The van der Waals surface area contributed by atoms with Gasteiger partial charge in [0, 0.05) is 31.7 Å². The van der Waals surface area contributed by atoms with E-state index in [1.165, 1.54) is 0 Å². The topological polar surface area (TPSA) is 62.5 Å². The van der Waals surface area contributed by atoms with Gasteiger partial charge in [0.2, 0.25) is 17.6 Å². The molecule has 128 valence electrons. The van der Waals surface area contributed by atoms with Gasteiger partial charge in [-0.1, -0.05) is 29.4 Å². The molecule has 1 aromatic carbocycles. The van der Waals surface area contributed by atoms with Crippen LogP contribution in [0.1, 0.15) is 11.5 Å². The molecule has 0 radical (unpaired) electrons. The van der Waals surface area contributed by atoms with Gasteiger partial charge in [-0.3, -0.25) is 9.69 Å². The first-order valence-corrected chi connectivity index (χ1v) is 9.44. The van der Waals surface area contributed by atoms with Gasteiger partial charge < -0.3 is 9.42 Å². The lowest BCUT2D eigenvalue weighted by atomic mass is 10.1. The van der Waals surface area contributed by atoms with E-state index in [0.29, 0.717) is 24.0 Å². The number of rotatable bonds is 5.